The van der Waals surface area contributed by atoms with E-state index in [4.69, 9.17) is 5.73 Å². The van der Waals surface area contributed by atoms with Gasteiger partial charge >= 0.3 is 0 Å². The third-order valence-corrected chi connectivity index (χ3v) is 2.34. The summed E-state index contributed by atoms with van der Waals surface area (Å²) in [5.41, 5.74) is 5.68. The lowest BCUT2D eigenvalue weighted by Gasteiger charge is -2.10. The van der Waals surface area contributed by atoms with Gasteiger partial charge in [0.2, 0.25) is 0 Å². The highest BCUT2D eigenvalue weighted by Gasteiger charge is 2.14. The van der Waals surface area contributed by atoms with E-state index >= 15 is 0 Å². The number of hydrogen-bond donors (Lipinski definition) is 2. The molecule has 0 saturated heterocycles. The van der Waals surface area contributed by atoms with Crippen molar-refractivity contribution in [3.63, 3.8) is 0 Å². The van der Waals surface area contributed by atoms with Gasteiger partial charge in [-0.2, -0.15) is 0 Å². The highest BCUT2D eigenvalue weighted by atomic mass is 19.1. The largest absolute Gasteiger partial charge is 0.396 e. The van der Waals surface area contributed by atoms with Gasteiger partial charge in [0.05, 0.1) is 5.69 Å². The number of ketones is 1. The van der Waals surface area contributed by atoms with Crippen molar-refractivity contribution >= 4 is 11.5 Å². The molecule has 0 fully saturated rings. The van der Waals surface area contributed by atoms with Gasteiger partial charge in [0.1, 0.15) is 5.82 Å². The first-order chi connectivity index (χ1) is 7.06. The van der Waals surface area contributed by atoms with Crippen LogP contribution >= 0.6 is 0 Å². The van der Waals surface area contributed by atoms with E-state index in [1.165, 1.54) is 12.1 Å². The summed E-state index contributed by atoms with van der Waals surface area (Å²) in [7, 11) is 1.77. The maximum Gasteiger partial charge on any atom is 0.166 e. The van der Waals surface area contributed by atoms with E-state index in [-0.39, 0.29) is 23.1 Å². The lowest BCUT2D eigenvalue weighted by molar-refractivity contribution is 0.0973. The number of hydrogen-bond acceptors (Lipinski definition) is 3. The molecule has 0 aliphatic rings. The Labute approximate surface area is 88.5 Å². The molecule has 1 rings (SSSR count). The molecule has 4 heteroatoms. The molecule has 0 amide bonds. The van der Waals surface area contributed by atoms with E-state index in [0.717, 1.165) is 0 Å². The summed E-state index contributed by atoms with van der Waals surface area (Å²) >= 11 is 0. The Morgan fingerprint density at radius 2 is 2.27 bits per heavy atom. The van der Waals surface area contributed by atoms with E-state index in [1.54, 1.807) is 13.1 Å². The average Bonchev–Trinajstić information content (AvgIpc) is 2.21. The number of nitrogens with two attached hydrogens (primary N) is 1. The first kappa shape index (κ1) is 11.7. The van der Waals surface area contributed by atoms with Crippen LogP contribution in [0.3, 0.4) is 0 Å². The normalized spacial score (nSPS) is 12.5. The molecule has 0 bridgehead atoms. The number of nitrogen functional groups attached to an aromatic ring is 1. The Bertz CT molecular complexity index is 366. The first-order valence-electron chi connectivity index (χ1n) is 4.80. The monoisotopic (exact) mass is 210 g/mol. The fourth-order valence-corrected chi connectivity index (χ4v) is 1.27. The van der Waals surface area contributed by atoms with Crippen LogP contribution in [0.5, 0.6) is 0 Å². The van der Waals surface area contributed by atoms with Crippen molar-refractivity contribution in [1.29, 1.82) is 0 Å². The second-order valence-corrected chi connectivity index (χ2v) is 3.52. The lowest BCUT2D eigenvalue weighted by atomic mass is 10.0. The third-order valence-electron chi connectivity index (χ3n) is 2.34. The minimum absolute atomic E-state index is 0.0557. The second-order valence-electron chi connectivity index (χ2n) is 3.52. The van der Waals surface area contributed by atoms with E-state index in [0.29, 0.717) is 6.42 Å². The van der Waals surface area contributed by atoms with Crippen LogP contribution in [-0.2, 0) is 0 Å². The average molecular weight is 210 g/mol. The molecule has 82 valence electrons. The Hall–Kier alpha value is -1.42. The molecule has 0 saturated carbocycles. The van der Waals surface area contributed by atoms with Crippen molar-refractivity contribution in [1.82, 2.24) is 5.32 Å². The van der Waals surface area contributed by atoms with Gasteiger partial charge in [-0.25, -0.2) is 4.39 Å². The van der Waals surface area contributed by atoms with Crippen LogP contribution in [0.25, 0.3) is 0 Å². The van der Waals surface area contributed by atoms with Crippen molar-refractivity contribution in [2.75, 3.05) is 12.8 Å². The predicted molar refractivity (Wildman–Crippen MR) is 58.3 cm³/mol. The zero-order chi connectivity index (χ0) is 11.4. The van der Waals surface area contributed by atoms with E-state index in [1.807, 2.05) is 6.92 Å². The molecule has 3 nitrogen and oxygen atoms in total. The number of carbonyl (C=O) groups is 1. The molecule has 1 unspecified atom stereocenters. The van der Waals surface area contributed by atoms with Gasteiger partial charge in [0.25, 0.3) is 0 Å². The Morgan fingerprint density at radius 3 is 2.87 bits per heavy atom. The van der Waals surface area contributed by atoms with Crippen LogP contribution in [0.1, 0.15) is 23.7 Å². The number of Topliss-reactive ketones (excluding diaryl/α,β-unsaturated/α-hetero) is 1. The summed E-state index contributed by atoms with van der Waals surface area (Å²) in [5.74, 6) is -0.688. The number of anilines is 1. The number of rotatable bonds is 4. The van der Waals surface area contributed by atoms with E-state index < -0.39 is 5.82 Å². The SMILES string of the molecule is CNC(C)CC(=O)c1cccc(F)c1N. The Balaban J connectivity index is 2.87. The van der Waals surface area contributed by atoms with Crippen molar-refractivity contribution in [3.8, 4) is 0 Å². The maximum atomic E-state index is 13.1. The maximum absolute atomic E-state index is 13.1. The lowest BCUT2D eigenvalue weighted by Crippen LogP contribution is -2.24. The summed E-state index contributed by atoms with van der Waals surface area (Å²) in [4.78, 5) is 11.7. The zero-order valence-corrected chi connectivity index (χ0v) is 8.88. The van der Waals surface area contributed by atoms with Gasteiger partial charge in [-0.1, -0.05) is 6.07 Å². The van der Waals surface area contributed by atoms with Gasteiger partial charge in [-0.15, -0.1) is 0 Å². The molecular weight excluding hydrogens is 195 g/mol. The fourth-order valence-electron chi connectivity index (χ4n) is 1.27. The number of carbonyl (C=O) groups excluding carboxylic acids is 1. The molecule has 0 aliphatic heterocycles. The third kappa shape index (κ3) is 2.76. The van der Waals surface area contributed by atoms with Crippen LogP contribution in [0.4, 0.5) is 10.1 Å². The highest BCUT2D eigenvalue weighted by Crippen LogP contribution is 2.17. The second kappa shape index (κ2) is 4.89. The summed E-state index contributed by atoms with van der Waals surface area (Å²) < 4.78 is 13.1. The molecular formula is C11H15FN2O. The first-order valence-corrected chi connectivity index (χ1v) is 4.80. The highest BCUT2D eigenvalue weighted by molar-refractivity contribution is 6.01. The smallest absolute Gasteiger partial charge is 0.166 e. The van der Waals surface area contributed by atoms with Gasteiger partial charge in [-0.05, 0) is 26.1 Å². The molecule has 0 aliphatic carbocycles. The van der Waals surface area contributed by atoms with Crippen molar-refractivity contribution in [2.24, 2.45) is 0 Å². The molecule has 0 spiro atoms. The minimum Gasteiger partial charge on any atom is -0.396 e. The van der Waals surface area contributed by atoms with Gasteiger partial charge in [0, 0.05) is 18.0 Å². The Kier molecular flexibility index (Phi) is 3.80. The van der Waals surface area contributed by atoms with Crippen molar-refractivity contribution < 1.29 is 9.18 Å². The number of benzene rings is 1. The number of para-hydroxylation sites is 1. The summed E-state index contributed by atoms with van der Waals surface area (Å²) in [5, 5.41) is 2.94. The number of halogens is 1. The molecule has 3 N–H and O–H groups in total. The van der Waals surface area contributed by atoms with Crippen LogP contribution in [0, 0.1) is 5.82 Å². The minimum atomic E-state index is -0.544. The topological polar surface area (TPSA) is 55.1 Å². The van der Waals surface area contributed by atoms with Gasteiger partial charge in [0.15, 0.2) is 5.78 Å². The predicted octanol–water partition coefficient (Wildman–Crippen LogP) is 1.59. The van der Waals surface area contributed by atoms with Crippen molar-refractivity contribution in [2.45, 2.75) is 19.4 Å². The zero-order valence-electron chi connectivity index (χ0n) is 8.88. The summed E-state index contributed by atoms with van der Waals surface area (Å²) in [6, 6.07) is 4.33. The molecule has 1 aromatic rings. The molecule has 15 heavy (non-hydrogen) atoms. The Morgan fingerprint density at radius 1 is 1.60 bits per heavy atom. The van der Waals surface area contributed by atoms with Crippen LogP contribution < -0.4 is 11.1 Å². The molecule has 0 radical (unpaired) electrons. The molecule has 0 aromatic heterocycles. The van der Waals surface area contributed by atoms with Crippen molar-refractivity contribution in [3.05, 3.63) is 29.6 Å². The van der Waals surface area contributed by atoms with E-state index in [2.05, 4.69) is 5.32 Å². The van der Waals surface area contributed by atoms with Gasteiger partial charge in [-0.3, -0.25) is 4.79 Å². The fraction of sp³-hybridized carbons (Fsp3) is 0.364. The van der Waals surface area contributed by atoms with Gasteiger partial charge < -0.3 is 11.1 Å². The van der Waals surface area contributed by atoms with Crippen LogP contribution in [0.2, 0.25) is 0 Å². The van der Waals surface area contributed by atoms with Crippen LogP contribution in [0.15, 0.2) is 18.2 Å². The molecule has 1 atom stereocenters. The number of nitrogens with one attached hydrogen (secondary N) is 1. The quantitative estimate of drug-likeness (QED) is 0.586. The summed E-state index contributed by atoms with van der Waals surface area (Å²) in [6.45, 7) is 1.88. The van der Waals surface area contributed by atoms with Crippen LogP contribution in [-0.4, -0.2) is 18.9 Å². The molecule has 1 aromatic carbocycles. The standard InChI is InChI=1S/C11H15FN2O/c1-7(14-2)6-10(15)8-4-3-5-9(12)11(8)13/h3-5,7,14H,6,13H2,1-2H3. The van der Waals surface area contributed by atoms with E-state index in [9.17, 15) is 9.18 Å². The summed E-state index contributed by atoms with van der Waals surface area (Å²) in [6.07, 6.45) is 0.310. The molecule has 0 heterocycles.